The van der Waals surface area contributed by atoms with Crippen LogP contribution >= 0.6 is 0 Å². The lowest BCUT2D eigenvalue weighted by molar-refractivity contribution is -0.139. The maximum Gasteiger partial charge on any atom is 0.320 e. The number of carboxylic acid groups (broad SMARTS) is 1. The average molecular weight is 270 g/mol. The Labute approximate surface area is 115 Å². The minimum absolute atomic E-state index is 0.378. The van der Waals surface area contributed by atoms with E-state index in [9.17, 15) is 9.90 Å². The number of hydrogen-bond acceptors (Lipinski definition) is 4. The Morgan fingerprint density at radius 2 is 2.05 bits per heavy atom. The summed E-state index contributed by atoms with van der Waals surface area (Å²) in [7, 11) is 0. The van der Waals surface area contributed by atoms with Crippen LogP contribution in [-0.2, 0) is 9.53 Å². The number of likely N-dealkylation sites (tertiary alicyclic amines) is 1. The monoisotopic (exact) mass is 270 g/mol. The number of nitrogens with zero attached hydrogens (tertiary/aromatic N) is 1. The van der Waals surface area contributed by atoms with Crippen molar-refractivity contribution in [1.82, 2.24) is 10.2 Å². The number of hydrogen-bond donors (Lipinski definition) is 2. The summed E-state index contributed by atoms with van der Waals surface area (Å²) in [6, 6.07) is 0.0712. The molecule has 1 saturated heterocycles. The second-order valence-corrected chi connectivity index (χ2v) is 5.62. The van der Waals surface area contributed by atoms with E-state index in [2.05, 4.69) is 10.2 Å². The predicted molar refractivity (Wildman–Crippen MR) is 73.3 cm³/mol. The van der Waals surface area contributed by atoms with Crippen LogP contribution in [0.4, 0.5) is 0 Å². The van der Waals surface area contributed by atoms with Crippen molar-refractivity contribution < 1.29 is 14.6 Å². The van der Waals surface area contributed by atoms with Crippen LogP contribution in [0.2, 0.25) is 0 Å². The normalized spacial score (nSPS) is 23.4. The van der Waals surface area contributed by atoms with Crippen LogP contribution in [0, 0.1) is 0 Å². The Bertz CT molecular complexity index is 286. The maximum atomic E-state index is 11.2. The Morgan fingerprint density at radius 3 is 2.58 bits per heavy atom. The van der Waals surface area contributed by atoms with Crippen molar-refractivity contribution in [3.05, 3.63) is 0 Å². The van der Waals surface area contributed by atoms with Gasteiger partial charge in [-0.05, 0) is 39.0 Å². The van der Waals surface area contributed by atoms with Crippen molar-refractivity contribution in [2.24, 2.45) is 0 Å². The molecule has 0 bridgehead atoms. The molecule has 1 heterocycles. The van der Waals surface area contributed by atoms with E-state index in [1.165, 1.54) is 0 Å². The van der Waals surface area contributed by atoms with Gasteiger partial charge in [0, 0.05) is 32.3 Å². The summed E-state index contributed by atoms with van der Waals surface area (Å²) in [6.07, 6.45) is 5.50. The van der Waals surface area contributed by atoms with Gasteiger partial charge in [0.1, 0.15) is 6.04 Å². The quantitative estimate of drug-likeness (QED) is 0.691. The first-order valence-corrected chi connectivity index (χ1v) is 7.52. The molecule has 19 heavy (non-hydrogen) atoms. The Balaban J connectivity index is 1.65. The van der Waals surface area contributed by atoms with Gasteiger partial charge in [-0.25, -0.2) is 0 Å². The fourth-order valence-corrected chi connectivity index (χ4v) is 2.66. The summed E-state index contributed by atoms with van der Waals surface area (Å²) in [6.45, 7) is 5.75. The molecule has 0 amide bonds. The van der Waals surface area contributed by atoms with E-state index in [4.69, 9.17) is 4.74 Å². The van der Waals surface area contributed by atoms with Crippen LogP contribution < -0.4 is 5.32 Å². The van der Waals surface area contributed by atoms with Gasteiger partial charge in [-0.3, -0.25) is 4.79 Å². The lowest BCUT2D eigenvalue weighted by Crippen LogP contribution is -2.43. The lowest BCUT2D eigenvalue weighted by atomic mass is 10.1. The van der Waals surface area contributed by atoms with Crippen molar-refractivity contribution in [3.63, 3.8) is 0 Å². The van der Waals surface area contributed by atoms with Crippen molar-refractivity contribution in [2.45, 2.75) is 57.2 Å². The number of aliphatic carboxylic acids is 1. The van der Waals surface area contributed by atoms with Gasteiger partial charge in [0.15, 0.2) is 0 Å². The molecule has 5 nitrogen and oxygen atoms in total. The first-order valence-electron chi connectivity index (χ1n) is 7.52. The molecular formula is C14H26N2O3. The summed E-state index contributed by atoms with van der Waals surface area (Å²) in [5, 5.41) is 12.4. The summed E-state index contributed by atoms with van der Waals surface area (Å²) in [5.74, 6) is -0.712. The second kappa shape index (κ2) is 7.22. The zero-order valence-electron chi connectivity index (χ0n) is 11.8. The highest BCUT2D eigenvalue weighted by molar-refractivity contribution is 5.73. The summed E-state index contributed by atoms with van der Waals surface area (Å²) >= 11 is 0. The third-order valence-electron chi connectivity index (χ3n) is 3.98. The molecule has 0 aromatic rings. The molecular weight excluding hydrogens is 244 g/mol. The van der Waals surface area contributed by atoms with Crippen LogP contribution in [0.3, 0.4) is 0 Å². The van der Waals surface area contributed by atoms with Gasteiger partial charge in [0.05, 0.1) is 6.10 Å². The fraction of sp³-hybridized carbons (Fsp3) is 0.929. The van der Waals surface area contributed by atoms with Gasteiger partial charge < -0.3 is 20.1 Å². The number of piperidine rings is 1. The third kappa shape index (κ3) is 5.09. The highest BCUT2D eigenvalue weighted by atomic mass is 16.5. The van der Waals surface area contributed by atoms with Crippen LogP contribution in [0.5, 0.6) is 0 Å². The Hall–Kier alpha value is -0.650. The van der Waals surface area contributed by atoms with Gasteiger partial charge in [-0.2, -0.15) is 0 Å². The first kappa shape index (κ1) is 14.8. The molecule has 2 rings (SSSR count). The fourth-order valence-electron chi connectivity index (χ4n) is 2.66. The summed E-state index contributed by atoms with van der Waals surface area (Å²) in [4.78, 5) is 13.5. The Kier molecular flexibility index (Phi) is 5.60. The van der Waals surface area contributed by atoms with Gasteiger partial charge in [-0.15, -0.1) is 0 Å². The molecule has 110 valence electrons. The Morgan fingerprint density at radius 1 is 1.37 bits per heavy atom. The maximum absolute atomic E-state index is 11.2. The smallest absolute Gasteiger partial charge is 0.320 e. The molecule has 2 N–H and O–H groups in total. The molecule has 1 aliphatic carbocycles. The van der Waals surface area contributed by atoms with Gasteiger partial charge in [0.2, 0.25) is 0 Å². The van der Waals surface area contributed by atoms with E-state index in [1.807, 2.05) is 6.92 Å². The van der Waals surface area contributed by atoms with Crippen LogP contribution in [-0.4, -0.2) is 60.4 Å². The topological polar surface area (TPSA) is 61.8 Å². The molecule has 2 aliphatic rings. The average Bonchev–Trinajstić information content (AvgIpc) is 3.20. The largest absolute Gasteiger partial charge is 0.480 e. The third-order valence-corrected chi connectivity index (χ3v) is 3.98. The molecule has 0 spiro atoms. The minimum atomic E-state index is -0.712. The lowest BCUT2D eigenvalue weighted by Gasteiger charge is -2.32. The molecule has 5 heteroatoms. The zero-order chi connectivity index (χ0) is 13.7. The molecule has 1 unspecified atom stereocenters. The van der Waals surface area contributed by atoms with Crippen molar-refractivity contribution >= 4 is 5.97 Å². The molecule has 0 aromatic heterocycles. The van der Waals surface area contributed by atoms with Crippen LogP contribution in [0.15, 0.2) is 0 Å². The van der Waals surface area contributed by atoms with Gasteiger partial charge in [-0.1, -0.05) is 0 Å². The van der Waals surface area contributed by atoms with E-state index >= 15 is 0 Å². The number of rotatable bonds is 8. The molecule has 1 saturated carbocycles. The minimum Gasteiger partial charge on any atom is -0.480 e. The first-order chi connectivity index (χ1) is 9.19. The second-order valence-electron chi connectivity index (χ2n) is 5.62. The van der Waals surface area contributed by atoms with Crippen LogP contribution in [0.25, 0.3) is 0 Å². The van der Waals surface area contributed by atoms with Crippen molar-refractivity contribution in [2.75, 3.05) is 26.2 Å². The summed E-state index contributed by atoms with van der Waals surface area (Å²) in [5.41, 5.74) is 0. The van der Waals surface area contributed by atoms with Crippen LogP contribution in [0.1, 0.15) is 39.0 Å². The SMILES string of the molecule is CCOC1CCN(CCC(NC2CC2)C(=O)O)CC1. The van der Waals surface area contributed by atoms with E-state index < -0.39 is 5.97 Å². The van der Waals surface area contributed by atoms with E-state index in [0.717, 1.165) is 51.9 Å². The van der Waals surface area contributed by atoms with E-state index in [-0.39, 0.29) is 6.04 Å². The highest BCUT2D eigenvalue weighted by Gasteiger charge is 2.28. The number of carboxylic acids is 1. The highest BCUT2D eigenvalue weighted by Crippen LogP contribution is 2.20. The van der Waals surface area contributed by atoms with Crippen molar-refractivity contribution in [3.8, 4) is 0 Å². The van der Waals surface area contributed by atoms with Gasteiger partial charge >= 0.3 is 5.97 Å². The summed E-state index contributed by atoms with van der Waals surface area (Å²) < 4.78 is 5.62. The van der Waals surface area contributed by atoms with Crippen molar-refractivity contribution in [1.29, 1.82) is 0 Å². The molecule has 2 fully saturated rings. The number of ether oxygens (including phenoxy) is 1. The standard InChI is InChI=1S/C14H26N2O3/c1-2-19-12-5-8-16(9-6-12)10-7-13(14(17)18)15-11-3-4-11/h11-13,15H,2-10H2,1H3,(H,17,18). The molecule has 0 aromatic carbocycles. The van der Waals surface area contributed by atoms with E-state index in [0.29, 0.717) is 18.6 Å². The predicted octanol–water partition coefficient (Wildman–Crippen LogP) is 1.08. The van der Waals surface area contributed by atoms with Gasteiger partial charge in [0.25, 0.3) is 0 Å². The number of nitrogens with one attached hydrogen (secondary N) is 1. The molecule has 0 radical (unpaired) electrons. The molecule has 1 aliphatic heterocycles. The zero-order valence-corrected chi connectivity index (χ0v) is 11.8. The number of carbonyl (C=O) groups is 1. The molecule has 1 atom stereocenters. The van der Waals surface area contributed by atoms with E-state index in [1.54, 1.807) is 0 Å².